The number of carbonyl (C=O) groups excluding carboxylic acids is 1. The summed E-state index contributed by atoms with van der Waals surface area (Å²) >= 11 is 1.61. The van der Waals surface area contributed by atoms with Crippen LogP contribution in [0.15, 0.2) is 28.0 Å². The Kier molecular flexibility index (Phi) is 4.23. The average Bonchev–Trinajstić information content (AvgIpc) is 3.26. The fraction of sp³-hybridized carbons (Fsp3) is 0.696. The van der Waals surface area contributed by atoms with Crippen molar-refractivity contribution in [2.75, 3.05) is 0 Å². The second-order valence-electron chi connectivity index (χ2n) is 10.1. The Hall–Kier alpha value is -1.56. The minimum Gasteiger partial charge on any atom is -0.467 e. The van der Waals surface area contributed by atoms with Crippen molar-refractivity contribution < 1.29 is 9.21 Å². The summed E-state index contributed by atoms with van der Waals surface area (Å²) in [6.45, 7) is 2.74. The number of aromatic nitrogens is 3. The van der Waals surface area contributed by atoms with E-state index in [0.29, 0.717) is 18.2 Å². The van der Waals surface area contributed by atoms with E-state index in [1.54, 1.807) is 18.0 Å². The molecule has 154 valence electrons. The van der Waals surface area contributed by atoms with E-state index < -0.39 is 0 Å². The van der Waals surface area contributed by atoms with Gasteiger partial charge in [0.25, 0.3) is 0 Å². The monoisotopic (exact) mass is 411 g/mol. The van der Waals surface area contributed by atoms with Crippen molar-refractivity contribution in [1.82, 2.24) is 14.8 Å². The van der Waals surface area contributed by atoms with Crippen molar-refractivity contribution >= 4 is 17.5 Å². The molecule has 2 heterocycles. The molecule has 2 aromatic heterocycles. The summed E-state index contributed by atoms with van der Waals surface area (Å²) < 4.78 is 7.77. The molecule has 5 nitrogen and oxygen atoms in total. The highest BCUT2D eigenvalue weighted by atomic mass is 32.2. The van der Waals surface area contributed by atoms with Gasteiger partial charge in [-0.3, -0.25) is 9.36 Å². The third-order valence-corrected chi connectivity index (χ3v) is 8.87. The zero-order valence-electron chi connectivity index (χ0n) is 17.0. The van der Waals surface area contributed by atoms with Crippen LogP contribution in [0, 0.1) is 23.2 Å². The molecule has 1 unspecified atom stereocenters. The molecule has 0 aromatic carbocycles. The number of rotatable bonds is 7. The minimum absolute atomic E-state index is 0.0493. The van der Waals surface area contributed by atoms with E-state index in [1.165, 1.54) is 32.1 Å². The molecule has 0 amide bonds. The van der Waals surface area contributed by atoms with Gasteiger partial charge in [0, 0.05) is 11.3 Å². The Bertz CT molecular complexity index is 879. The first-order valence-corrected chi connectivity index (χ1v) is 12.1. The normalized spacial score (nSPS) is 33.9. The number of hydrogen-bond acceptors (Lipinski definition) is 5. The molecule has 1 atom stereocenters. The maximum absolute atomic E-state index is 13.7. The summed E-state index contributed by atoms with van der Waals surface area (Å²) in [6, 6.07) is 3.91. The van der Waals surface area contributed by atoms with Gasteiger partial charge in [-0.05, 0) is 88.2 Å². The van der Waals surface area contributed by atoms with E-state index in [-0.39, 0.29) is 10.7 Å². The molecular weight excluding hydrogens is 382 g/mol. The summed E-state index contributed by atoms with van der Waals surface area (Å²) in [5.74, 6) is 5.35. The summed E-state index contributed by atoms with van der Waals surface area (Å²) in [4.78, 5) is 13.7. The summed E-state index contributed by atoms with van der Waals surface area (Å²) in [5.41, 5.74) is -0.0493. The molecule has 5 saturated carbocycles. The number of thioether (sulfide) groups is 1. The molecule has 0 saturated heterocycles. The Morgan fingerprint density at radius 2 is 1.90 bits per heavy atom. The zero-order valence-corrected chi connectivity index (χ0v) is 17.9. The number of nitrogens with zero attached hydrogens (tertiary/aromatic N) is 3. The lowest BCUT2D eigenvalue weighted by Gasteiger charge is -2.56. The van der Waals surface area contributed by atoms with Gasteiger partial charge in [-0.25, -0.2) is 0 Å². The van der Waals surface area contributed by atoms with Crippen molar-refractivity contribution in [3.8, 4) is 0 Å². The smallest absolute Gasteiger partial charge is 0.192 e. The van der Waals surface area contributed by atoms with E-state index in [2.05, 4.69) is 21.7 Å². The van der Waals surface area contributed by atoms with E-state index in [0.717, 1.165) is 53.8 Å². The van der Waals surface area contributed by atoms with Gasteiger partial charge in [0.2, 0.25) is 0 Å². The molecule has 29 heavy (non-hydrogen) atoms. The molecular formula is C23H29N3O2S. The molecule has 0 spiro atoms. The number of ketones is 1. The minimum atomic E-state index is -0.0714. The molecule has 2 aromatic rings. The SMILES string of the molecule is CC(Sc1nnc(C2CC2)n1Cc1ccco1)C(=O)C12CC3CC(CC(C3)C1)C2. The van der Waals surface area contributed by atoms with Crippen LogP contribution in [0.25, 0.3) is 0 Å². The van der Waals surface area contributed by atoms with Gasteiger partial charge in [-0.1, -0.05) is 11.8 Å². The van der Waals surface area contributed by atoms with Gasteiger partial charge in [0.15, 0.2) is 10.9 Å². The predicted molar refractivity (Wildman–Crippen MR) is 111 cm³/mol. The van der Waals surface area contributed by atoms with Crippen LogP contribution < -0.4 is 0 Å². The van der Waals surface area contributed by atoms with E-state index in [9.17, 15) is 4.79 Å². The quantitative estimate of drug-likeness (QED) is 0.596. The molecule has 4 bridgehead atoms. The third kappa shape index (κ3) is 3.18. The van der Waals surface area contributed by atoms with Crippen LogP contribution in [0.3, 0.4) is 0 Å². The van der Waals surface area contributed by atoms with Gasteiger partial charge in [-0.2, -0.15) is 0 Å². The van der Waals surface area contributed by atoms with Crippen molar-refractivity contribution in [2.24, 2.45) is 23.2 Å². The number of carbonyl (C=O) groups is 1. The summed E-state index contributed by atoms with van der Waals surface area (Å²) in [7, 11) is 0. The van der Waals surface area contributed by atoms with Gasteiger partial charge in [0.1, 0.15) is 11.6 Å². The Morgan fingerprint density at radius 3 is 2.48 bits per heavy atom. The maximum Gasteiger partial charge on any atom is 0.192 e. The molecule has 0 N–H and O–H groups in total. The van der Waals surface area contributed by atoms with Crippen LogP contribution in [0.2, 0.25) is 0 Å². The van der Waals surface area contributed by atoms with Crippen molar-refractivity contribution in [3.63, 3.8) is 0 Å². The fourth-order valence-corrected chi connectivity index (χ4v) is 7.84. The summed E-state index contributed by atoms with van der Waals surface area (Å²) in [6.07, 6.45) is 11.6. The lowest BCUT2D eigenvalue weighted by Crippen LogP contribution is -2.51. The van der Waals surface area contributed by atoms with E-state index in [4.69, 9.17) is 4.42 Å². The zero-order chi connectivity index (χ0) is 19.6. The second-order valence-corrected chi connectivity index (χ2v) is 11.4. The highest BCUT2D eigenvalue weighted by Crippen LogP contribution is 2.61. The van der Waals surface area contributed by atoms with Crippen LogP contribution in [-0.2, 0) is 11.3 Å². The van der Waals surface area contributed by atoms with Crippen molar-refractivity contribution in [3.05, 3.63) is 30.0 Å². The Labute approximate surface area is 176 Å². The number of furan rings is 1. The van der Waals surface area contributed by atoms with Gasteiger partial charge >= 0.3 is 0 Å². The van der Waals surface area contributed by atoms with Crippen LogP contribution in [-0.4, -0.2) is 25.8 Å². The van der Waals surface area contributed by atoms with Crippen molar-refractivity contribution in [1.29, 1.82) is 0 Å². The molecule has 5 aliphatic rings. The lowest BCUT2D eigenvalue weighted by molar-refractivity contribution is -0.142. The lowest BCUT2D eigenvalue weighted by atomic mass is 9.48. The van der Waals surface area contributed by atoms with E-state index in [1.807, 2.05) is 12.1 Å². The molecule has 5 fully saturated rings. The van der Waals surface area contributed by atoms with E-state index >= 15 is 0 Å². The second kappa shape index (κ2) is 6.73. The predicted octanol–water partition coefficient (Wildman–Crippen LogP) is 5.06. The Balaban J connectivity index is 1.24. The first-order valence-electron chi connectivity index (χ1n) is 11.3. The maximum atomic E-state index is 13.7. The average molecular weight is 412 g/mol. The molecule has 7 rings (SSSR count). The van der Waals surface area contributed by atoms with Crippen LogP contribution in [0.5, 0.6) is 0 Å². The fourth-order valence-electron chi connectivity index (χ4n) is 6.79. The van der Waals surface area contributed by atoms with Crippen molar-refractivity contribution in [2.45, 2.75) is 81.2 Å². The van der Waals surface area contributed by atoms with Gasteiger partial charge in [0.05, 0.1) is 18.1 Å². The highest BCUT2D eigenvalue weighted by molar-refractivity contribution is 8.00. The number of hydrogen-bond donors (Lipinski definition) is 0. The third-order valence-electron chi connectivity index (χ3n) is 7.79. The van der Waals surface area contributed by atoms with Gasteiger partial charge in [-0.15, -0.1) is 10.2 Å². The highest BCUT2D eigenvalue weighted by Gasteiger charge is 2.55. The standard InChI is InChI=1S/C23H29N3O2S/c1-14(20(27)23-10-15-7-16(11-23)9-17(8-15)12-23)29-22-25-24-21(18-4-5-18)26(22)13-19-3-2-6-28-19/h2-3,6,14-18H,4-5,7-13H2,1H3. The molecule has 0 radical (unpaired) electrons. The topological polar surface area (TPSA) is 60.9 Å². The molecule has 0 aliphatic heterocycles. The first kappa shape index (κ1) is 18.2. The largest absolute Gasteiger partial charge is 0.467 e. The summed E-state index contributed by atoms with van der Waals surface area (Å²) in [5, 5.41) is 9.81. The van der Waals surface area contributed by atoms with Crippen LogP contribution in [0.4, 0.5) is 0 Å². The number of Topliss-reactive ketones (excluding diaryl/α,β-unsaturated/α-hetero) is 1. The molecule has 5 aliphatic carbocycles. The first-order chi connectivity index (χ1) is 14.1. The molecule has 6 heteroatoms. The van der Waals surface area contributed by atoms with Crippen LogP contribution >= 0.6 is 11.8 Å². The van der Waals surface area contributed by atoms with Crippen LogP contribution in [0.1, 0.15) is 75.8 Å². The van der Waals surface area contributed by atoms with Gasteiger partial charge < -0.3 is 4.42 Å². The Morgan fingerprint density at radius 1 is 1.21 bits per heavy atom.